The standard InChI is InChI=1S/C39H43ClN6O3S2/c1-22-33-31(46(42-22)39-16-23(17-39)18-39)21-50-19-25-14-26(45(3)43-25)20-51-27-13-24-7-5-11-41-35(24)32(15-27)49-12-6-8-28-29-9-10-30(40)34(33)36(29)44(2)37(28)38(47)48-4/h9-10,13-15,23,41H,5-8,11-12,16-21H2,1-4H3. The van der Waals surface area contributed by atoms with Crippen molar-refractivity contribution < 1.29 is 14.3 Å². The maximum absolute atomic E-state index is 13.5. The van der Waals surface area contributed by atoms with Gasteiger partial charge in [-0.1, -0.05) is 17.7 Å². The largest absolute Gasteiger partial charge is 0.491 e. The van der Waals surface area contributed by atoms with Crippen LogP contribution in [0.5, 0.6) is 5.75 Å². The monoisotopic (exact) mass is 742 g/mol. The van der Waals surface area contributed by atoms with E-state index in [9.17, 15) is 4.79 Å². The number of esters is 1. The van der Waals surface area contributed by atoms with E-state index in [2.05, 4.69) is 41.2 Å². The van der Waals surface area contributed by atoms with Crippen molar-refractivity contribution in [3.05, 3.63) is 75.0 Å². The zero-order chi connectivity index (χ0) is 35.0. The Bertz CT molecular complexity index is 2200. The average molecular weight is 743 g/mol. The van der Waals surface area contributed by atoms with Gasteiger partial charge >= 0.3 is 5.97 Å². The Morgan fingerprint density at radius 2 is 1.90 bits per heavy atom. The van der Waals surface area contributed by atoms with Crippen LogP contribution < -0.4 is 10.1 Å². The summed E-state index contributed by atoms with van der Waals surface area (Å²) in [6.07, 6.45) is 7.09. The zero-order valence-electron chi connectivity index (χ0n) is 29.6. The number of halogens is 1. The van der Waals surface area contributed by atoms with E-state index in [4.69, 9.17) is 31.3 Å². The van der Waals surface area contributed by atoms with Crippen LogP contribution in [0.1, 0.15) is 76.5 Å². The summed E-state index contributed by atoms with van der Waals surface area (Å²) in [5.74, 6) is 3.76. The van der Waals surface area contributed by atoms with Crippen molar-refractivity contribution in [3.63, 3.8) is 0 Å². The molecule has 5 aromatic rings. The lowest BCUT2D eigenvalue weighted by Gasteiger charge is -2.61. The second kappa shape index (κ2) is 12.8. The van der Waals surface area contributed by atoms with Crippen LogP contribution in [0.4, 0.5) is 5.69 Å². The Morgan fingerprint density at radius 1 is 1.06 bits per heavy atom. The number of thioether (sulfide) groups is 2. The molecule has 0 atom stereocenters. The normalized spacial score (nSPS) is 21.4. The highest BCUT2D eigenvalue weighted by molar-refractivity contribution is 7.98. The summed E-state index contributed by atoms with van der Waals surface area (Å²) in [6.45, 7) is 3.56. The number of hydrogen-bond acceptors (Lipinski definition) is 8. The fraction of sp³-hybridized carbons (Fsp3) is 0.462. The fourth-order valence-electron chi connectivity index (χ4n) is 8.92. The van der Waals surface area contributed by atoms with Crippen LogP contribution in [0.3, 0.4) is 0 Å². The van der Waals surface area contributed by atoms with Gasteiger partial charge in [-0.25, -0.2) is 4.79 Å². The summed E-state index contributed by atoms with van der Waals surface area (Å²) >= 11 is 10.9. The van der Waals surface area contributed by atoms with Gasteiger partial charge in [0.05, 0.1) is 52.6 Å². The molecule has 12 heteroatoms. The molecule has 2 aliphatic heterocycles. The quantitative estimate of drug-likeness (QED) is 0.181. The molecule has 5 heterocycles. The second-order valence-corrected chi connectivity index (χ2v) is 17.1. The van der Waals surface area contributed by atoms with Crippen LogP contribution >= 0.6 is 35.1 Å². The number of nitrogens with one attached hydrogen (secondary N) is 1. The van der Waals surface area contributed by atoms with E-state index >= 15 is 0 Å². The van der Waals surface area contributed by atoms with Crippen LogP contribution in [0.15, 0.2) is 35.2 Å². The van der Waals surface area contributed by atoms with Gasteiger partial charge < -0.3 is 19.4 Å². The van der Waals surface area contributed by atoms with Gasteiger partial charge in [-0.15, -0.1) is 23.5 Å². The van der Waals surface area contributed by atoms with Crippen molar-refractivity contribution in [2.75, 3.05) is 25.6 Å². The number of fused-ring (bicyclic) bond motifs is 8. The fourth-order valence-corrected chi connectivity index (χ4v) is 11.1. The van der Waals surface area contributed by atoms with Crippen LogP contribution in [0, 0.1) is 12.8 Å². The first-order valence-corrected chi connectivity index (χ1v) is 20.5. The summed E-state index contributed by atoms with van der Waals surface area (Å²) < 4.78 is 18.3. The molecule has 3 aromatic heterocycles. The molecule has 5 aliphatic rings. The third kappa shape index (κ3) is 5.48. The number of ether oxygens (including phenoxy) is 2. The van der Waals surface area contributed by atoms with E-state index < -0.39 is 0 Å². The molecule has 0 saturated heterocycles. The minimum absolute atomic E-state index is 0.105. The van der Waals surface area contributed by atoms with Gasteiger partial charge in [0.2, 0.25) is 0 Å². The molecule has 0 unspecified atom stereocenters. The summed E-state index contributed by atoms with van der Waals surface area (Å²) in [5.41, 5.74) is 11.4. The van der Waals surface area contributed by atoms with Crippen LogP contribution in [-0.4, -0.2) is 50.4 Å². The molecule has 0 spiro atoms. The maximum Gasteiger partial charge on any atom is 0.354 e. The van der Waals surface area contributed by atoms with Crippen molar-refractivity contribution in [1.82, 2.24) is 24.1 Å². The molecule has 10 rings (SSSR count). The molecule has 9 nitrogen and oxygen atoms in total. The van der Waals surface area contributed by atoms with Gasteiger partial charge in [-0.2, -0.15) is 10.2 Å². The van der Waals surface area contributed by atoms with Gasteiger partial charge in [0.15, 0.2) is 0 Å². The van der Waals surface area contributed by atoms with E-state index in [0.717, 1.165) is 99.4 Å². The highest BCUT2D eigenvalue weighted by Gasteiger charge is 2.59. The number of benzene rings is 2. The molecule has 3 saturated carbocycles. The minimum Gasteiger partial charge on any atom is -0.491 e. The first-order valence-electron chi connectivity index (χ1n) is 18.0. The molecule has 0 radical (unpaired) electrons. The SMILES string of the molecule is COC(=O)c1c2c3ccc(Cl)c(c3n1C)-c1c(C)nn(C34CC(C3)C4)c1CSCc1cc(n(C)n1)CSc1cc3c(c(c1)OCCC2)NCCC3. The molecule has 266 valence electrons. The van der Waals surface area contributed by atoms with Crippen LogP contribution in [0.25, 0.3) is 22.0 Å². The Hall–Kier alpha value is -3.54. The van der Waals surface area contributed by atoms with E-state index in [1.54, 1.807) is 0 Å². The lowest BCUT2D eigenvalue weighted by Crippen LogP contribution is -2.60. The molecule has 3 fully saturated rings. The van der Waals surface area contributed by atoms with Crippen molar-refractivity contribution in [2.24, 2.45) is 20.0 Å². The first kappa shape index (κ1) is 33.3. The number of aromatic nitrogens is 5. The maximum atomic E-state index is 13.5. The van der Waals surface area contributed by atoms with Gasteiger partial charge in [-0.05, 0) is 93.2 Å². The Kier molecular flexibility index (Phi) is 8.39. The number of nitrogens with zero attached hydrogens (tertiary/aromatic N) is 5. The summed E-state index contributed by atoms with van der Waals surface area (Å²) in [7, 11) is 5.46. The third-order valence-electron chi connectivity index (χ3n) is 11.5. The van der Waals surface area contributed by atoms with Crippen molar-refractivity contribution in [3.8, 4) is 16.9 Å². The highest BCUT2D eigenvalue weighted by atomic mass is 35.5. The Balaban J connectivity index is 1.18. The zero-order valence-corrected chi connectivity index (χ0v) is 32.0. The smallest absolute Gasteiger partial charge is 0.354 e. The molecule has 10 bridgehead atoms. The number of rotatable bonds is 2. The van der Waals surface area contributed by atoms with Gasteiger partial charge in [0, 0.05) is 65.0 Å². The summed E-state index contributed by atoms with van der Waals surface area (Å²) in [5, 5.41) is 15.5. The van der Waals surface area contributed by atoms with Gasteiger partial charge in [0.1, 0.15) is 11.4 Å². The molecule has 51 heavy (non-hydrogen) atoms. The number of aryl methyl sites for hydroxylation is 5. The number of carbonyl (C=O) groups is 1. The lowest BCUT2D eigenvalue weighted by atomic mass is 9.50. The van der Waals surface area contributed by atoms with E-state index in [1.165, 1.54) is 48.2 Å². The van der Waals surface area contributed by atoms with Crippen LogP contribution in [-0.2, 0) is 54.5 Å². The third-order valence-corrected chi connectivity index (χ3v) is 13.8. The van der Waals surface area contributed by atoms with E-state index in [-0.39, 0.29) is 11.5 Å². The average Bonchev–Trinajstić information content (AvgIpc) is 3.69. The molecular weight excluding hydrogens is 700 g/mol. The highest BCUT2D eigenvalue weighted by Crippen LogP contribution is 2.63. The molecule has 3 aliphatic carbocycles. The Morgan fingerprint density at radius 3 is 2.69 bits per heavy atom. The van der Waals surface area contributed by atoms with Gasteiger partial charge in [0.25, 0.3) is 0 Å². The van der Waals surface area contributed by atoms with Crippen molar-refractivity contribution in [2.45, 2.75) is 79.6 Å². The van der Waals surface area contributed by atoms with E-state index in [1.807, 2.05) is 52.9 Å². The summed E-state index contributed by atoms with van der Waals surface area (Å²) in [4.78, 5) is 14.7. The second-order valence-electron chi connectivity index (χ2n) is 14.7. The molecular formula is C39H43ClN6O3S2. The predicted octanol–water partition coefficient (Wildman–Crippen LogP) is 8.44. The van der Waals surface area contributed by atoms with Crippen molar-refractivity contribution in [1.29, 1.82) is 0 Å². The number of carbonyl (C=O) groups excluding carboxylic acids is 1. The van der Waals surface area contributed by atoms with Crippen molar-refractivity contribution >= 4 is 57.7 Å². The number of anilines is 1. The first-order chi connectivity index (χ1) is 24.7. The molecule has 0 amide bonds. The summed E-state index contributed by atoms with van der Waals surface area (Å²) in [6, 6.07) is 10.8. The Labute approximate surface area is 311 Å². The lowest BCUT2D eigenvalue weighted by molar-refractivity contribution is -0.0993. The predicted molar refractivity (Wildman–Crippen MR) is 205 cm³/mol. The minimum atomic E-state index is -0.351. The number of hydrogen-bond donors (Lipinski definition) is 1. The van der Waals surface area contributed by atoms with E-state index in [0.29, 0.717) is 23.7 Å². The topological polar surface area (TPSA) is 88.1 Å². The molecule has 1 N–H and O–H groups in total. The molecule has 2 aromatic carbocycles. The van der Waals surface area contributed by atoms with Crippen LogP contribution in [0.2, 0.25) is 5.02 Å². The van der Waals surface area contributed by atoms with Gasteiger partial charge in [-0.3, -0.25) is 9.36 Å². The number of methoxy groups -OCH3 is 1.